The molecule has 1 amide bonds. The monoisotopic (exact) mass is 519 g/mol. The minimum Gasteiger partial charge on any atom is -0.370 e. The Bertz CT molecular complexity index is 1260. The fraction of sp³-hybridized carbons (Fsp3) is 0.250. The van der Waals surface area contributed by atoms with Gasteiger partial charge in [-0.05, 0) is 42.0 Å². The van der Waals surface area contributed by atoms with Crippen LogP contribution in [-0.2, 0) is 6.18 Å². The second-order valence-corrected chi connectivity index (χ2v) is 8.92. The van der Waals surface area contributed by atoms with Gasteiger partial charge in [-0.25, -0.2) is 9.97 Å². The molecule has 4 rings (SSSR count). The van der Waals surface area contributed by atoms with Crippen molar-refractivity contribution in [2.24, 2.45) is 5.92 Å². The zero-order valence-electron chi connectivity index (χ0n) is 18.1. The number of carbonyl (C=O) groups excluding carboxylic acids is 1. The lowest BCUT2D eigenvalue weighted by molar-refractivity contribution is -0.137. The third-order valence-electron chi connectivity index (χ3n) is 5.86. The van der Waals surface area contributed by atoms with Crippen molar-refractivity contribution in [3.05, 3.63) is 87.3 Å². The van der Waals surface area contributed by atoms with Crippen LogP contribution in [0, 0.1) is 17.2 Å². The number of likely N-dealkylation sites (tertiary alicyclic amines) is 1. The molecule has 0 unspecified atom stereocenters. The van der Waals surface area contributed by atoms with Crippen LogP contribution in [0.4, 0.5) is 19.0 Å². The zero-order valence-corrected chi connectivity index (χ0v) is 19.6. The molecule has 35 heavy (non-hydrogen) atoms. The number of alkyl halides is 3. The molecule has 0 bridgehead atoms. The summed E-state index contributed by atoms with van der Waals surface area (Å²) in [6.07, 6.45) is -2.31. The van der Waals surface area contributed by atoms with Crippen LogP contribution in [0.25, 0.3) is 0 Å². The Balaban J connectivity index is 1.54. The highest BCUT2D eigenvalue weighted by Crippen LogP contribution is 2.36. The van der Waals surface area contributed by atoms with Crippen molar-refractivity contribution >= 4 is 34.9 Å². The summed E-state index contributed by atoms with van der Waals surface area (Å²) < 4.78 is 38.4. The number of benzene rings is 1. The number of halogens is 5. The molecular weight excluding hydrogens is 502 g/mol. The standard InChI is InChI=1S/C24H18Cl2F3N5O/c25-20-5-2-14(7-21(20)26)19-13-34(23(35)15-1-4-18(8-30)31-9-15)12-16(19)10-32-22-6-3-17(11-33-22)24(27,28)29/h1-7,9,11,16,19H,10,12-13H2,(H,32,33)/t16-,19+/m0/s1. The minimum atomic E-state index is -4.46. The van der Waals surface area contributed by atoms with Crippen LogP contribution in [0.3, 0.4) is 0 Å². The molecule has 3 aromatic rings. The van der Waals surface area contributed by atoms with Crippen molar-refractivity contribution in [1.82, 2.24) is 14.9 Å². The lowest BCUT2D eigenvalue weighted by Crippen LogP contribution is -2.29. The van der Waals surface area contributed by atoms with E-state index in [1.54, 1.807) is 23.1 Å². The van der Waals surface area contributed by atoms with E-state index in [0.29, 0.717) is 41.1 Å². The van der Waals surface area contributed by atoms with Gasteiger partial charge in [0.1, 0.15) is 17.6 Å². The highest BCUT2D eigenvalue weighted by Gasteiger charge is 2.37. The van der Waals surface area contributed by atoms with Crippen LogP contribution in [-0.4, -0.2) is 40.4 Å². The summed E-state index contributed by atoms with van der Waals surface area (Å²) in [6, 6.07) is 12.5. The molecule has 0 aliphatic carbocycles. The molecule has 0 spiro atoms. The van der Waals surface area contributed by atoms with Crippen LogP contribution < -0.4 is 5.32 Å². The second kappa shape index (κ2) is 10.1. The normalized spacial score (nSPS) is 17.8. The molecule has 1 aromatic carbocycles. The molecule has 11 heteroatoms. The van der Waals surface area contributed by atoms with E-state index in [9.17, 15) is 18.0 Å². The van der Waals surface area contributed by atoms with Crippen LogP contribution in [0.2, 0.25) is 10.0 Å². The SMILES string of the molecule is N#Cc1ccc(C(=O)N2C[C@H](CNc3ccc(C(F)(F)F)cn3)[C@@H](c3ccc(Cl)c(Cl)c3)C2)cn1. The molecule has 2 aromatic heterocycles. The maximum atomic E-state index is 13.1. The molecule has 1 aliphatic heterocycles. The number of anilines is 1. The predicted molar refractivity (Wildman–Crippen MR) is 125 cm³/mol. The van der Waals surface area contributed by atoms with Gasteiger partial charge in [-0.15, -0.1) is 0 Å². The van der Waals surface area contributed by atoms with E-state index in [2.05, 4.69) is 15.3 Å². The molecule has 6 nitrogen and oxygen atoms in total. The minimum absolute atomic E-state index is 0.0911. The third kappa shape index (κ3) is 5.66. The Morgan fingerprint density at radius 2 is 1.89 bits per heavy atom. The number of rotatable bonds is 5. The molecule has 3 heterocycles. The van der Waals surface area contributed by atoms with Gasteiger partial charge in [0.2, 0.25) is 0 Å². The number of nitriles is 1. The van der Waals surface area contributed by atoms with Gasteiger partial charge < -0.3 is 10.2 Å². The molecule has 2 atom stereocenters. The van der Waals surface area contributed by atoms with E-state index in [1.165, 1.54) is 18.3 Å². The molecule has 0 saturated carbocycles. The molecule has 180 valence electrons. The van der Waals surface area contributed by atoms with E-state index in [-0.39, 0.29) is 23.4 Å². The molecular formula is C24H18Cl2F3N5O. The van der Waals surface area contributed by atoms with E-state index >= 15 is 0 Å². The van der Waals surface area contributed by atoms with Crippen molar-refractivity contribution < 1.29 is 18.0 Å². The second-order valence-electron chi connectivity index (χ2n) is 8.10. The first-order valence-electron chi connectivity index (χ1n) is 10.5. The molecule has 1 saturated heterocycles. The van der Waals surface area contributed by atoms with Crippen molar-refractivity contribution in [3.8, 4) is 6.07 Å². The van der Waals surface area contributed by atoms with E-state index in [4.69, 9.17) is 28.5 Å². The number of hydrogen-bond donors (Lipinski definition) is 1. The van der Waals surface area contributed by atoms with E-state index in [0.717, 1.165) is 17.8 Å². The fourth-order valence-electron chi connectivity index (χ4n) is 4.04. The first-order valence-corrected chi connectivity index (χ1v) is 11.3. The van der Waals surface area contributed by atoms with Crippen LogP contribution in [0.5, 0.6) is 0 Å². The number of aromatic nitrogens is 2. The predicted octanol–water partition coefficient (Wildman–Crippen LogP) is 5.64. The summed E-state index contributed by atoms with van der Waals surface area (Å²) in [5.74, 6) is -0.136. The average Bonchev–Trinajstić information content (AvgIpc) is 3.28. The Morgan fingerprint density at radius 3 is 2.49 bits per heavy atom. The first-order chi connectivity index (χ1) is 16.7. The molecule has 1 fully saturated rings. The van der Waals surface area contributed by atoms with E-state index < -0.39 is 11.7 Å². The summed E-state index contributed by atoms with van der Waals surface area (Å²) in [6.45, 7) is 1.14. The summed E-state index contributed by atoms with van der Waals surface area (Å²) in [5.41, 5.74) is 0.628. The van der Waals surface area contributed by atoms with Crippen LogP contribution in [0.15, 0.2) is 54.9 Å². The number of amides is 1. The number of carbonyl (C=O) groups is 1. The Labute approximate surface area is 209 Å². The summed E-state index contributed by atoms with van der Waals surface area (Å²) in [5, 5.41) is 12.8. The summed E-state index contributed by atoms with van der Waals surface area (Å²) in [4.78, 5) is 22.6. The highest BCUT2D eigenvalue weighted by molar-refractivity contribution is 6.42. The zero-order chi connectivity index (χ0) is 25.2. The number of nitrogens with zero attached hydrogens (tertiary/aromatic N) is 4. The quantitative estimate of drug-likeness (QED) is 0.471. The van der Waals surface area contributed by atoms with Crippen molar-refractivity contribution in [2.75, 3.05) is 25.0 Å². The van der Waals surface area contributed by atoms with Crippen molar-refractivity contribution in [3.63, 3.8) is 0 Å². The topological polar surface area (TPSA) is 81.9 Å². The van der Waals surface area contributed by atoms with Gasteiger partial charge in [0.15, 0.2) is 0 Å². The van der Waals surface area contributed by atoms with Crippen LogP contribution >= 0.6 is 23.2 Å². The first kappa shape index (κ1) is 24.8. The summed E-state index contributed by atoms with van der Waals surface area (Å²) >= 11 is 12.3. The largest absolute Gasteiger partial charge is 0.417 e. The van der Waals surface area contributed by atoms with E-state index in [1.807, 2.05) is 12.1 Å². The van der Waals surface area contributed by atoms with Gasteiger partial charge in [-0.3, -0.25) is 4.79 Å². The van der Waals surface area contributed by atoms with Gasteiger partial charge in [-0.2, -0.15) is 18.4 Å². The Hall–Kier alpha value is -3.35. The summed E-state index contributed by atoms with van der Waals surface area (Å²) in [7, 11) is 0. The fourth-order valence-corrected chi connectivity index (χ4v) is 4.34. The smallest absolute Gasteiger partial charge is 0.370 e. The van der Waals surface area contributed by atoms with Gasteiger partial charge >= 0.3 is 6.18 Å². The number of pyridine rings is 2. The van der Waals surface area contributed by atoms with Gasteiger partial charge in [0.25, 0.3) is 5.91 Å². The lowest BCUT2D eigenvalue weighted by Gasteiger charge is -2.20. The number of hydrogen-bond acceptors (Lipinski definition) is 5. The molecule has 1 aliphatic rings. The van der Waals surface area contributed by atoms with Gasteiger partial charge in [0, 0.05) is 43.9 Å². The Morgan fingerprint density at radius 1 is 1.09 bits per heavy atom. The van der Waals surface area contributed by atoms with Gasteiger partial charge in [0.05, 0.1) is 21.2 Å². The lowest BCUT2D eigenvalue weighted by atomic mass is 9.89. The molecule has 0 radical (unpaired) electrons. The highest BCUT2D eigenvalue weighted by atomic mass is 35.5. The maximum Gasteiger partial charge on any atom is 0.417 e. The number of nitrogens with one attached hydrogen (secondary N) is 1. The third-order valence-corrected chi connectivity index (χ3v) is 6.60. The average molecular weight is 520 g/mol. The molecule has 1 N–H and O–H groups in total. The maximum absolute atomic E-state index is 13.1. The van der Waals surface area contributed by atoms with Crippen LogP contribution in [0.1, 0.15) is 33.1 Å². The Kier molecular flexibility index (Phi) is 7.15. The van der Waals surface area contributed by atoms with Gasteiger partial charge in [-0.1, -0.05) is 29.3 Å². The van der Waals surface area contributed by atoms with Crippen molar-refractivity contribution in [1.29, 1.82) is 5.26 Å². The van der Waals surface area contributed by atoms with Crippen molar-refractivity contribution in [2.45, 2.75) is 12.1 Å².